The van der Waals surface area contributed by atoms with Crippen molar-refractivity contribution in [1.29, 1.82) is 0 Å². The molecule has 0 bridgehead atoms. The maximum atomic E-state index is 12.2. The van der Waals surface area contributed by atoms with Gasteiger partial charge in [0, 0.05) is 11.6 Å². The van der Waals surface area contributed by atoms with E-state index >= 15 is 0 Å². The summed E-state index contributed by atoms with van der Waals surface area (Å²) in [5.41, 5.74) is 1.02. The Balaban J connectivity index is 1.73. The van der Waals surface area contributed by atoms with Gasteiger partial charge in [0.15, 0.2) is 5.76 Å². The van der Waals surface area contributed by atoms with Gasteiger partial charge >= 0.3 is 0 Å². The molecule has 4 nitrogen and oxygen atoms in total. The number of ether oxygens (including phenoxy) is 1. The van der Waals surface area contributed by atoms with Crippen molar-refractivity contribution in [3.8, 4) is 0 Å². The minimum absolute atomic E-state index is 0.0998. The zero-order chi connectivity index (χ0) is 13.9. The van der Waals surface area contributed by atoms with Crippen LogP contribution in [0.15, 0.2) is 47.1 Å². The van der Waals surface area contributed by atoms with Gasteiger partial charge in [0.2, 0.25) is 0 Å². The number of rotatable bonds is 2. The zero-order valence-electron chi connectivity index (χ0n) is 10.8. The van der Waals surface area contributed by atoms with E-state index in [1.165, 1.54) is 6.26 Å². The van der Waals surface area contributed by atoms with Gasteiger partial charge < -0.3 is 14.1 Å². The molecule has 104 valence electrons. The highest BCUT2D eigenvalue weighted by Gasteiger charge is 2.27. The molecule has 1 saturated heterocycles. The summed E-state index contributed by atoms with van der Waals surface area (Å²) in [5.74, 6) is 0.263. The Kier molecular flexibility index (Phi) is 3.76. The van der Waals surface area contributed by atoms with E-state index in [2.05, 4.69) is 0 Å². The number of nitrogens with zero attached hydrogens (tertiary/aromatic N) is 1. The molecule has 0 radical (unpaired) electrons. The number of morpholine rings is 1. The Hall–Kier alpha value is -1.78. The maximum Gasteiger partial charge on any atom is 0.289 e. The van der Waals surface area contributed by atoms with Gasteiger partial charge in [0.25, 0.3) is 5.91 Å². The summed E-state index contributed by atoms with van der Waals surface area (Å²) in [6, 6.07) is 10.9. The third-order valence-electron chi connectivity index (χ3n) is 3.33. The first-order valence-electron chi connectivity index (χ1n) is 6.44. The summed E-state index contributed by atoms with van der Waals surface area (Å²) in [6.07, 6.45) is 1.38. The van der Waals surface area contributed by atoms with Crippen LogP contribution in [0.2, 0.25) is 5.02 Å². The van der Waals surface area contributed by atoms with Crippen LogP contribution in [0.25, 0.3) is 0 Å². The van der Waals surface area contributed by atoms with E-state index in [1.807, 2.05) is 24.3 Å². The second kappa shape index (κ2) is 5.69. The molecular formula is C15H14ClNO3. The first kappa shape index (κ1) is 13.2. The SMILES string of the molecule is O=C(c1ccco1)N1CCOC(c2ccc(Cl)cc2)C1. The van der Waals surface area contributed by atoms with Gasteiger partial charge in [-0.15, -0.1) is 0 Å². The summed E-state index contributed by atoms with van der Waals surface area (Å²) >= 11 is 5.88. The molecule has 0 saturated carbocycles. The van der Waals surface area contributed by atoms with Gasteiger partial charge in [0.1, 0.15) is 6.10 Å². The first-order valence-corrected chi connectivity index (χ1v) is 6.81. The van der Waals surface area contributed by atoms with Crippen LogP contribution >= 0.6 is 11.6 Å². The van der Waals surface area contributed by atoms with Gasteiger partial charge in [-0.25, -0.2) is 0 Å². The lowest BCUT2D eigenvalue weighted by molar-refractivity contribution is -0.0237. The number of carbonyl (C=O) groups is 1. The molecule has 0 spiro atoms. The second-order valence-corrected chi connectivity index (χ2v) is 5.08. The van der Waals surface area contributed by atoms with E-state index in [-0.39, 0.29) is 12.0 Å². The van der Waals surface area contributed by atoms with Crippen LogP contribution in [0.3, 0.4) is 0 Å². The molecule has 5 heteroatoms. The second-order valence-electron chi connectivity index (χ2n) is 4.64. The summed E-state index contributed by atoms with van der Waals surface area (Å²) in [4.78, 5) is 14.0. The van der Waals surface area contributed by atoms with Crippen LogP contribution in [0.4, 0.5) is 0 Å². The lowest BCUT2D eigenvalue weighted by Gasteiger charge is -2.32. The summed E-state index contributed by atoms with van der Waals surface area (Å²) in [7, 11) is 0. The quantitative estimate of drug-likeness (QED) is 0.853. The summed E-state index contributed by atoms with van der Waals surface area (Å²) in [6.45, 7) is 1.60. The highest BCUT2D eigenvalue weighted by Crippen LogP contribution is 2.24. The molecule has 1 amide bonds. The molecule has 1 unspecified atom stereocenters. The predicted molar refractivity (Wildman–Crippen MR) is 74.8 cm³/mol. The molecule has 1 atom stereocenters. The number of hydrogen-bond donors (Lipinski definition) is 0. The summed E-state index contributed by atoms with van der Waals surface area (Å²) < 4.78 is 10.9. The molecule has 2 aromatic rings. The zero-order valence-corrected chi connectivity index (χ0v) is 11.5. The maximum absolute atomic E-state index is 12.2. The molecule has 1 aromatic carbocycles. The lowest BCUT2D eigenvalue weighted by Crippen LogP contribution is -2.42. The molecule has 1 aliphatic rings. The third-order valence-corrected chi connectivity index (χ3v) is 3.58. The van der Waals surface area contributed by atoms with Gasteiger partial charge in [-0.3, -0.25) is 4.79 Å². The highest BCUT2D eigenvalue weighted by atomic mass is 35.5. The van der Waals surface area contributed by atoms with E-state index in [0.717, 1.165) is 5.56 Å². The van der Waals surface area contributed by atoms with Crippen molar-refractivity contribution in [1.82, 2.24) is 4.90 Å². The number of furan rings is 1. The summed E-state index contributed by atoms with van der Waals surface area (Å²) in [5, 5.41) is 0.688. The highest BCUT2D eigenvalue weighted by molar-refractivity contribution is 6.30. The average molecular weight is 292 g/mol. The molecule has 0 aliphatic carbocycles. The van der Waals surface area contributed by atoms with Crippen molar-refractivity contribution in [2.75, 3.05) is 19.7 Å². The predicted octanol–water partition coefficient (Wildman–Crippen LogP) is 3.15. The van der Waals surface area contributed by atoms with Gasteiger partial charge in [-0.1, -0.05) is 23.7 Å². The van der Waals surface area contributed by atoms with Crippen molar-refractivity contribution >= 4 is 17.5 Å². The molecule has 20 heavy (non-hydrogen) atoms. The average Bonchev–Trinajstić information content (AvgIpc) is 3.01. The van der Waals surface area contributed by atoms with Gasteiger partial charge in [-0.05, 0) is 29.8 Å². The van der Waals surface area contributed by atoms with Crippen molar-refractivity contribution in [2.24, 2.45) is 0 Å². The van der Waals surface area contributed by atoms with Crippen LogP contribution in [-0.4, -0.2) is 30.5 Å². The molecule has 0 N–H and O–H groups in total. The fourth-order valence-electron chi connectivity index (χ4n) is 2.27. The van der Waals surface area contributed by atoms with E-state index in [9.17, 15) is 4.79 Å². The Labute approximate surface area is 121 Å². The minimum Gasteiger partial charge on any atom is -0.459 e. The molecule has 1 aromatic heterocycles. The van der Waals surface area contributed by atoms with Crippen LogP contribution in [-0.2, 0) is 4.74 Å². The standard InChI is InChI=1S/C15H14ClNO3/c16-12-5-3-11(4-6-12)14-10-17(7-9-20-14)15(18)13-2-1-8-19-13/h1-6,8,14H,7,9-10H2. The van der Waals surface area contributed by atoms with Crippen molar-refractivity contribution in [2.45, 2.75) is 6.10 Å². The lowest BCUT2D eigenvalue weighted by atomic mass is 10.1. The first-order chi connectivity index (χ1) is 9.74. The Morgan fingerprint density at radius 3 is 2.75 bits per heavy atom. The van der Waals surface area contributed by atoms with Crippen molar-refractivity contribution < 1.29 is 13.9 Å². The van der Waals surface area contributed by atoms with Crippen LogP contribution in [0, 0.1) is 0 Å². The van der Waals surface area contributed by atoms with Gasteiger partial charge in [0.05, 0.1) is 19.4 Å². The van der Waals surface area contributed by atoms with Gasteiger partial charge in [-0.2, -0.15) is 0 Å². The third kappa shape index (κ3) is 2.71. The smallest absolute Gasteiger partial charge is 0.289 e. The molecule has 2 heterocycles. The number of benzene rings is 1. The Morgan fingerprint density at radius 2 is 2.05 bits per heavy atom. The number of carbonyl (C=O) groups excluding carboxylic acids is 1. The fourth-order valence-corrected chi connectivity index (χ4v) is 2.39. The monoisotopic (exact) mass is 291 g/mol. The van der Waals surface area contributed by atoms with Crippen LogP contribution < -0.4 is 0 Å². The molecular weight excluding hydrogens is 278 g/mol. The Bertz CT molecular complexity index is 580. The number of amides is 1. The minimum atomic E-state index is -0.125. The topological polar surface area (TPSA) is 42.7 Å². The number of halogens is 1. The number of hydrogen-bond acceptors (Lipinski definition) is 3. The molecule has 1 fully saturated rings. The molecule has 3 rings (SSSR count). The van der Waals surface area contributed by atoms with E-state index < -0.39 is 0 Å². The largest absolute Gasteiger partial charge is 0.459 e. The van der Waals surface area contributed by atoms with E-state index in [4.69, 9.17) is 20.8 Å². The van der Waals surface area contributed by atoms with Crippen LogP contribution in [0.5, 0.6) is 0 Å². The van der Waals surface area contributed by atoms with Crippen molar-refractivity contribution in [3.63, 3.8) is 0 Å². The van der Waals surface area contributed by atoms with E-state index in [0.29, 0.717) is 30.5 Å². The Morgan fingerprint density at radius 1 is 1.25 bits per heavy atom. The van der Waals surface area contributed by atoms with E-state index in [1.54, 1.807) is 17.0 Å². The molecule has 1 aliphatic heterocycles. The van der Waals surface area contributed by atoms with Crippen LogP contribution in [0.1, 0.15) is 22.2 Å². The fraction of sp³-hybridized carbons (Fsp3) is 0.267. The van der Waals surface area contributed by atoms with Crippen molar-refractivity contribution in [3.05, 3.63) is 59.0 Å². The normalized spacial score (nSPS) is 19.1.